The molecular formula is C23H23N3O4S. The summed E-state index contributed by atoms with van der Waals surface area (Å²) in [5, 5.41) is 0. The summed E-state index contributed by atoms with van der Waals surface area (Å²) in [5.74, 6) is 1.30. The van der Waals surface area contributed by atoms with Crippen LogP contribution in [0.1, 0.15) is 19.4 Å². The van der Waals surface area contributed by atoms with E-state index in [0.717, 1.165) is 5.56 Å². The van der Waals surface area contributed by atoms with E-state index in [0.29, 0.717) is 40.4 Å². The molecule has 0 aliphatic heterocycles. The van der Waals surface area contributed by atoms with E-state index >= 15 is 0 Å². The minimum Gasteiger partial charge on any atom is -0.497 e. The van der Waals surface area contributed by atoms with E-state index in [1.165, 1.54) is 0 Å². The molecule has 0 saturated carbocycles. The first-order valence-corrected chi connectivity index (χ1v) is 11.4. The summed E-state index contributed by atoms with van der Waals surface area (Å²) in [6, 6.07) is 13.7. The molecule has 0 amide bonds. The Labute approximate surface area is 181 Å². The van der Waals surface area contributed by atoms with Crippen LogP contribution < -0.4 is 9.46 Å². The number of nitrogens with zero attached hydrogens (tertiary/aromatic N) is 2. The molecular weight excluding hydrogens is 414 g/mol. The van der Waals surface area contributed by atoms with Crippen LogP contribution in [0.25, 0.3) is 22.6 Å². The van der Waals surface area contributed by atoms with Crippen LogP contribution in [-0.4, -0.2) is 25.5 Å². The van der Waals surface area contributed by atoms with Gasteiger partial charge in [0.05, 0.1) is 17.7 Å². The van der Waals surface area contributed by atoms with Crippen molar-refractivity contribution in [2.75, 3.05) is 11.8 Å². The highest BCUT2D eigenvalue weighted by molar-refractivity contribution is 7.92. The lowest BCUT2D eigenvalue weighted by Gasteiger charge is -2.15. The Bertz CT molecular complexity index is 1320. The maximum Gasteiger partial charge on any atom is 0.262 e. The molecule has 160 valence electrons. The van der Waals surface area contributed by atoms with Gasteiger partial charge in [-0.25, -0.2) is 13.4 Å². The van der Waals surface area contributed by atoms with Gasteiger partial charge in [-0.2, -0.15) is 0 Å². The fourth-order valence-electron chi connectivity index (χ4n) is 3.39. The number of nitrogens with one attached hydrogen (secondary N) is 1. The predicted octanol–water partition coefficient (Wildman–Crippen LogP) is 4.90. The number of para-hydroxylation sites is 1. The summed E-state index contributed by atoms with van der Waals surface area (Å²) in [6.07, 6.45) is 3.90. The van der Waals surface area contributed by atoms with Crippen molar-refractivity contribution in [2.24, 2.45) is 5.92 Å². The average molecular weight is 438 g/mol. The number of fused-ring (bicyclic) bond motifs is 1. The van der Waals surface area contributed by atoms with E-state index in [2.05, 4.69) is 14.7 Å². The maximum absolute atomic E-state index is 13.3. The highest BCUT2D eigenvalue weighted by atomic mass is 32.2. The molecule has 4 aromatic rings. The third-order valence-corrected chi connectivity index (χ3v) is 6.24. The molecule has 0 aliphatic carbocycles. The van der Waals surface area contributed by atoms with Gasteiger partial charge in [0.25, 0.3) is 10.0 Å². The van der Waals surface area contributed by atoms with Crippen LogP contribution in [0.4, 0.5) is 5.69 Å². The highest BCUT2D eigenvalue weighted by Crippen LogP contribution is 2.31. The third kappa shape index (κ3) is 4.39. The molecule has 0 spiro atoms. The van der Waals surface area contributed by atoms with Gasteiger partial charge in [-0.1, -0.05) is 19.9 Å². The number of oxazole rings is 1. The quantitative estimate of drug-likeness (QED) is 0.442. The lowest BCUT2D eigenvalue weighted by molar-refractivity contribution is 0.413. The molecule has 0 fully saturated rings. The van der Waals surface area contributed by atoms with Crippen LogP contribution in [0.5, 0.6) is 5.75 Å². The largest absolute Gasteiger partial charge is 0.497 e. The van der Waals surface area contributed by atoms with Crippen LogP contribution in [-0.2, 0) is 16.4 Å². The lowest BCUT2D eigenvalue weighted by Crippen LogP contribution is -2.16. The topological polar surface area (TPSA) is 94.3 Å². The second-order valence-corrected chi connectivity index (χ2v) is 9.24. The number of anilines is 1. The van der Waals surface area contributed by atoms with Crippen molar-refractivity contribution in [3.05, 3.63) is 66.5 Å². The van der Waals surface area contributed by atoms with Crippen LogP contribution in [0.2, 0.25) is 0 Å². The minimum absolute atomic E-state index is 0.219. The number of sulfonamides is 1. The SMILES string of the molecule is COc1ccc(S(=O)(=O)Nc2cccc3oc(-c4ccncc4)nc23)c(CC(C)C)c1. The van der Waals surface area contributed by atoms with Crippen LogP contribution in [0.15, 0.2) is 70.2 Å². The molecule has 0 aliphatic rings. The van der Waals surface area contributed by atoms with E-state index in [4.69, 9.17) is 9.15 Å². The second-order valence-electron chi connectivity index (χ2n) is 7.58. The first-order valence-electron chi connectivity index (χ1n) is 9.87. The Morgan fingerprint density at radius 2 is 1.87 bits per heavy atom. The molecule has 2 aromatic heterocycles. The van der Waals surface area contributed by atoms with Gasteiger partial charge in [-0.15, -0.1) is 0 Å². The van der Waals surface area contributed by atoms with Crippen molar-refractivity contribution in [2.45, 2.75) is 25.2 Å². The smallest absolute Gasteiger partial charge is 0.262 e. The molecule has 0 bridgehead atoms. The third-order valence-electron chi connectivity index (χ3n) is 4.78. The van der Waals surface area contributed by atoms with Gasteiger partial charge >= 0.3 is 0 Å². The van der Waals surface area contributed by atoms with Crippen molar-refractivity contribution in [3.63, 3.8) is 0 Å². The minimum atomic E-state index is -3.86. The van der Waals surface area contributed by atoms with Gasteiger partial charge in [0.2, 0.25) is 5.89 Å². The second kappa shape index (κ2) is 8.39. The number of methoxy groups -OCH3 is 1. The number of benzene rings is 2. The van der Waals surface area contributed by atoms with Crippen molar-refractivity contribution < 1.29 is 17.6 Å². The van der Waals surface area contributed by atoms with E-state index in [1.807, 2.05) is 13.8 Å². The number of hydrogen-bond acceptors (Lipinski definition) is 6. The van der Waals surface area contributed by atoms with Crippen LogP contribution in [0.3, 0.4) is 0 Å². The van der Waals surface area contributed by atoms with Gasteiger partial charge in [0.1, 0.15) is 11.3 Å². The molecule has 0 atom stereocenters. The first kappa shape index (κ1) is 20.9. The van der Waals surface area contributed by atoms with Crippen molar-refractivity contribution in [3.8, 4) is 17.2 Å². The van der Waals surface area contributed by atoms with Gasteiger partial charge in [0.15, 0.2) is 5.58 Å². The molecule has 7 nitrogen and oxygen atoms in total. The number of hydrogen-bond donors (Lipinski definition) is 1. The molecule has 0 unspecified atom stereocenters. The van der Waals surface area contributed by atoms with Crippen LogP contribution >= 0.6 is 0 Å². The van der Waals surface area contributed by atoms with E-state index in [1.54, 1.807) is 68.0 Å². The van der Waals surface area contributed by atoms with Crippen molar-refractivity contribution in [1.82, 2.24) is 9.97 Å². The number of rotatable bonds is 7. The predicted molar refractivity (Wildman–Crippen MR) is 120 cm³/mol. The van der Waals surface area contributed by atoms with E-state index < -0.39 is 10.0 Å². The maximum atomic E-state index is 13.3. The molecule has 8 heteroatoms. The average Bonchev–Trinajstić information content (AvgIpc) is 3.19. The summed E-state index contributed by atoms with van der Waals surface area (Å²) >= 11 is 0. The van der Waals surface area contributed by atoms with Gasteiger partial charge in [-0.05, 0) is 60.4 Å². The number of pyridine rings is 1. The summed E-state index contributed by atoms with van der Waals surface area (Å²) in [7, 11) is -2.30. The first-order chi connectivity index (χ1) is 14.9. The fraction of sp³-hybridized carbons (Fsp3) is 0.217. The van der Waals surface area contributed by atoms with E-state index in [9.17, 15) is 8.42 Å². The molecule has 4 rings (SSSR count). The number of aromatic nitrogens is 2. The van der Waals surface area contributed by atoms with Crippen LogP contribution in [0, 0.1) is 5.92 Å². The molecule has 2 aromatic carbocycles. The Morgan fingerprint density at radius 3 is 2.58 bits per heavy atom. The Balaban J connectivity index is 1.74. The van der Waals surface area contributed by atoms with Gasteiger partial charge < -0.3 is 9.15 Å². The monoisotopic (exact) mass is 437 g/mol. The summed E-state index contributed by atoms with van der Waals surface area (Å²) in [4.78, 5) is 8.73. The zero-order valence-electron chi connectivity index (χ0n) is 17.5. The van der Waals surface area contributed by atoms with Crippen molar-refractivity contribution >= 4 is 26.8 Å². The molecule has 0 radical (unpaired) electrons. The Kier molecular flexibility index (Phi) is 5.65. The highest BCUT2D eigenvalue weighted by Gasteiger charge is 2.22. The molecule has 1 N–H and O–H groups in total. The van der Waals surface area contributed by atoms with Gasteiger partial charge in [0, 0.05) is 18.0 Å². The van der Waals surface area contributed by atoms with Gasteiger partial charge in [-0.3, -0.25) is 9.71 Å². The zero-order chi connectivity index (χ0) is 22.0. The zero-order valence-corrected chi connectivity index (χ0v) is 18.3. The fourth-order valence-corrected chi connectivity index (χ4v) is 4.69. The van der Waals surface area contributed by atoms with Crippen molar-refractivity contribution in [1.29, 1.82) is 0 Å². The molecule has 31 heavy (non-hydrogen) atoms. The molecule has 0 saturated heterocycles. The Hall–Kier alpha value is -3.39. The summed E-state index contributed by atoms with van der Waals surface area (Å²) < 4.78 is 40.4. The normalized spacial score (nSPS) is 11.7. The summed E-state index contributed by atoms with van der Waals surface area (Å²) in [6.45, 7) is 4.08. The Morgan fingerprint density at radius 1 is 1.10 bits per heavy atom. The number of ether oxygens (including phenoxy) is 1. The molecule has 2 heterocycles. The van der Waals surface area contributed by atoms with E-state index in [-0.39, 0.29) is 10.8 Å². The lowest BCUT2D eigenvalue weighted by atomic mass is 10.0. The standard InChI is InChI=1S/C23H23N3O4S/c1-15(2)13-17-14-18(29-3)7-8-21(17)31(27,28)26-19-5-4-6-20-22(19)25-23(30-20)16-9-11-24-12-10-16/h4-12,14-15,26H,13H2,1-3H3. The summed E-state index contributed by atoms with van der Waals surface area (Å²) in [5.41, 5.74) is 2.75.